The molecule has 0 aromatic rings. The average Bonchev–Trinajstić information content (AvgIpc) is 3.42. The molecule has 0 aromatic heterocycles. The third-order valence-corrected chi connectivity index (χ3v) is 12.9. The lowest BCUT2D eigenvalue weighted by Crippen LogP contribution is -2.42. The molecular formula is C37H69N6O7P. The van der Waals surface area contributed by atoms with Crippen molar-refractivity contribution in [3.8, 4) is 0 Å². The summed E-state index contributed by atoms with van der Waals surface area (Å²) in [6.45, 7) is 9.93. The molecule has 0 heterocycles. The van der Waals surface area contributed by atoms with E-state index < -0.39 is 7.82 Å². The molecule has 7 atom stereocenters. The molecule has 0 saturated heterocycles. The first kappa shape index (κ1) is 43.2. The molecule has 3 rings (SSSR count). The van der Waals surface area contributed by atoms with Gasteiger partial charge in [0.2, 0.25) is 0 Å². The van der Waals surface area contributed by atoms with E-state index in [0.29, 0.717) is 5.41 Å². The van der Waals surface area contributed by atoms with Crippen molar-refractivity contribution in [2.75, 3.05) is 46.1 Å². The van der Waals surface area contributed by atoms with E-state index in [0.717, 1.165) is 61.2 Å². The number of ether oxygens (including phenoxy) is 2. The first-order valence-corrected chi connectivity index (χ1v) is 20.9. The van der Waals surface area contributed by atoms with Gasteiger partial charge in [-0.1, -0.05) is 65.5 Å². The number of nitrogens with zero attached hydrogens (tertiary/aromatic N) is 2. The van der Waals surface area contributed by atoms with Gasteiger partial charge in [0.15, 0.2) is 11.9 Å². The Labute approximate surface area is 307 Å². The number of phosphoric acid groups is 1. The SMILES string of the molecule is CC(C)CCCC(C)C1CCC2C3C/C=C/CC(OC(=O)CCOCCOP(=O)(OCCN=C(N)N)OCCN=C(N)N)CCCC3CCC12C. The van der Waals surface area contributed by atoms with Crippen LogP contribution in [0.3, 0.4) is 0 Å². The van der Waals surface area contributed by atoms with Gasteiger partial charge in [0.05, 0.1) is 52.5 Å². The highest BCUT2D eigenvalue weighted by atomic mass is 31.2. The van der Waals surface area contributed by atoms with Crippen LogP contribution in [0.1, 0.15) is 111 Å². The van der Waals surface area contributed by atoms with Gasteiger partial charge in [0.25, 0.3) is 0 Å². The molecule has 7 unspecified atom stereocenters. The first-order chi connectivity index (χ1) is 24.3. The number of hydrogen-bond acceptors (Lipinski definition) is 9. The Morgan fingerprint density at radius 2 is 1.51 bits per heavy atom. The molecule has 0 aliphatic heterocycles. The van der Waals surface area contributed by atoms with Crippen LogP contribution in [-0.4, -0.2) is 70.1 Å². The summed E-state index contributed by atoms with van der Waals surface area (Å²) in [6.07, 6.45) is 19.3. The minimum Gasteiger partial charge on any atom is -0.462 e. The van der Waals surface area contributed by atoms with Gasteiger partial charge in [-0.05, 0) is 85.9 Å². The van der Waals surface area contributed by atoms with E-state index in [2.05, 4.69) is 49.8 Å². The zero-order chi connectivity index (χ0) is 37.3. The van der Waals surface area contributed by atoms with Crippen molar-refractivity contribution < 1.29 is 32.4 Å². The lowest BCUT2D eigenvalue weighted by molar-refractivity contribution is -0.150. The number of rotatable bonds is 21. The van der Waals surface area contributed by atoms with Crippen LogP contribution in [0.2, 0.25) is 0 Å². The second-order valence-electron chi connectivity index (χ2n) is 15.5. The third-order valence-electron chi connectivity index (χ3n) is 11.4. The number of allylic oxidation sites excluding steroid dienone is 1. The van der Waals surface area contributed by atoms with Crippen molar-refractivity contribution in [3.05, 3.63) is 12.2 Å². The van der Waals surface area contributed by atoms with Crippen LogP contribution in [0.15, 0.2) is 22.1 Å². The summed E-state index contributed by atoms with van der Waals surface area (Å²) in [7, 11) is -3.96. The number of hydrogen-bond donors (Lipinski definition) is 4. The first-order valence-electron chi connectivity index (χ1n) is 19.4. The maximum absolute atomic E-state index is 13.0. The lowest BCUT2D eigenvalue weighted by Gasteiger charge is -2.50. The fourth-order valence-corrected chi connectivity index (χ4v) is 10.0. The van der Waals surface area contributed by atoms with Gasteiger partial charge >= 0.3 is 13.8 Å². The van der Waals surface area contributed by atoms with Crippen LogP contribution in [0.25, 0.3) is 0 Å². The summed E-state index contributed by atoms with van der Waals surface area (Å²) in [4.78, 5) is 20.3. The number of carbonyl (C=O) groups is 1. The van der Waals surface area contributed by atoms with E-state index in [4.69, 9.17) is 46.0 Å². The van der Waals surface area contributed by atoms with Crippen LogP contribution >= 0.6 is 7.82 Å². The topological polar surface area (TPSA) is 209 Å². The largest absolute Gasteiger partial charge is 0.474 e. The van der Waals surface area contributed by atoms with Crippen molar-refractivity contribution in [2.24, 2.45) is 73.8 Å². The summed E-state index contributed by atoms with van der Waals surface area (Å²) in [5.41, 5.74) is 21.7. The van der Waals surface area contributed by atoms with Crippen molar-refractivity contribution in [2.45, 2.75) is 117 Å². The van der Waals surface area contributed by atoms with Gasteiger partial charge < -0.3 is 32.4 Å². The van der Waals surface area contributed by atoms with Gasteiger partial charge in [-0.2, -0.15) is 0 Å². The fourth-order valence-electron chi connectivity index (χ4n) is 8.92. The zero-order valence-electron chi connectivity index (χ0n) is 31.8. The highest BCUT2D eigenvalue weighted by molar-refractivity contribution is 7.48. The van der Waals surface area contributed by atoms with Crippen LogP contribution in [0, 0.1) is 40.9 Å². The molecule has 0 radical (unpaired) electrons. The number of aliphatic imine (C=N–C) groups is 2. The lowest BCUT2D eigenvalue weighted by atomic mass is 9.55. The normalized spacial score (nSPS) is 27.9. The van der Waals surface area contributed by atoms with Crippen molar-refractivity contribution in [1.29, 1.82) is 0 Å². The minimum atomic E-state index is -3.96. The molecule has 0 aromatic carbocycles. The second kappa shape index (κ2) is 22.1. The zero-order valence-corrected chi connectivity index (χ0v) is 32.7. The second-order valence-corrected chi connectivity index (χ2v) is 17.1. The smallest absolute Gasteiger partial charge is 0.462 e. The Morgan fingerprint density at radius 3 is 2.18 bits per heavy atom. The Bertz CT molecular complexity index is 1150. The quantitative estimate of drug-likeness (QED) is 0.0266. The number of guanidine groups is 2. The molecule has 0 bridgehead atoms. The summed E-state index contributed by atoms with van der Waals surface area (Å²) in [6, 6.07) is 0. The summed E-state index contributed by atoms with van der Waals surface area (Å²) in [5.74, 6) is 4.32. The van der Waals surface area contributed by atoms with Gasteiger partial charge in [-0.15, -0.1) is 0 Å². The maximum atomic E-state index is 13.0. The van der Waals surface area contributed by atoms with Crippen LogP contribution in [-0.2, 0) is 32.4 Å². The van der Waals surface area contributed by atoms with Gasteiger partial charge in [0, 0.05) is 6.42 Å². The Balaban J connectivity index is 1.39. The Kier molecular flexibility index (Phi) is 18.8. The van der Waals surface area contributed by atoms with Crippen LogP contribution in [0.4, 0.5) is 0 Å². The van der Waals surface area contributed by atoms with Crippen LogP contribution < -0.4 is 22.9 Å². The molecular weight excluding hydrogens is 671 g/mol. The summed E-state index contributed by atoms with van der Waals surface area (Å²) < 4.78 is 40.3. The Hall–Kier alpha value is -2.18. The van der Waals surface area contributed by atoms with E-state index in [1.54, 1.807) is 0 Å². The standard InChI is InChI=1S/C37H69N6O7P/c1-27(2)9-7-10-28(3)32-15-16-33-31-14-6-5-12-30(13-8-11-29(31)17-19-37(32,33)4)50-34(44)18-22-46-25-26-49-51(45,47-23-20-42-35(38)39)48-24-21-43-36(40)41/h5-6,27-33H,7-26H2,1-4H3,(H4,38,39,42)(H4,40,41,43)/b6-5+. The Morgan fingerprint density at radius 1 is 0.843 bits per heavy atom. The number of nitrogens with two attached hydrogens (primary N) is 4. The molecule has 294 valence electrons. The third kappa shape index (κ3) is 15.0. The predicted molar refractivity (Wildman–Crippen MR) is 203 cm³/mol. The van der Waals surface area contributed by atoms with Crippen LogP contribution in [0.5, 0.6) is 0 Å². The predicted octanol–water partition coefficient (Wildman–Crippen LogP) is 6.05. The van der Waals surface area contributed by atoms with Crippen molar-refractivity contribution in [1.82, 2.24) is 0 Å². The van der Waals surface area contributed by atoms with E-state index in [1.807, 2.05) is 0 Å². The van der Waals surface area contributed by atoms with Gasteiger partial charge in [-0.3, -0.25) is 28.4 Å². The monoisotopic (exact) mass is 740 g/mol. The highest BCUT2D eigenvalue weighted by Gasteiger charge is 2.54. The molecule has 51 heavy (non-hydrogen) atoms. The minimum absolute atomic E-state index is 0.0678. The van der Waals surface area contributed by atoms with Gasteiger partial charge in [-0.25, -0.2) is 4.57 Å². The molecule has 8 N–H and O–H groups in total. The van der Waals surface area contributed by atoms with Crippen molar-refractivity contribution in [3.63, 3.8) is 0 Å². The van der Waals surface area contributed by atoms with E-state index in [9.17, 15) is 9.36 Å². The highest BCUT2D eigenvalue weighted by Crippen LogP contribution is 2.62. The molecule has 3 aliphatic rings. The van der Waals surface area contributed by atoms with E-state index in [-0.39, 0.29) is 76.5 Å². The fraction of sp³-hybridized carbons (Fsp3) is 0.865. The molecule has 0 amide bonds. The average molecular weight is 741 g/mol. The number of esters is 1. The number of carbonyl (C=O) groups excluding carboxylic acids is 1. The number of phosphoric ester groups is 1. The van der Waals surface area contributed by atoms with Crippen molar-refractivity contribution >= 4 is 25.7 Å². The molecule has 2 saturated carbocycles. The maximum Gasteiger partial charge on any atom is 0.474 e. The summed E-state index contributed by atoms with van der Waals surface area (Å²) >= 11 is 0. The molecule has 0 spiro atoms. The van der Waals surface area contributed by atoms with E-state index in [1.165, 1.54) is 51.4 Å². The van der Waals surface area contributed by atoms with E-state index >= 15 is 0 Å². The molecule has 3 aliphatic carbocycles. The number of fused-ring (bicyclic) bond motifs is 3. The molecule has 13 nitrogen and oxygen atoms in total. The molecule has 2 fully saturated rings. The molecule has 14 heteroatoms. The van der Waals surface area contributed by atoms with Gasteiger partial charge in [0.1, 0.15) is 6.10 Å². The summed E-state index contributed by atoms with van der Waals surface area (Å²) in [5, 5.41) is 0.